The standard InChI is InChI=1S/C20H18ClN3O5S2/c1-12(19(26)22-15-9-8-13(24(27)28)11-14(15)21)29-18(25)7-4-10-30-20-23-16-5-2-3-6-17(16)31-20/h2-3,5-6,8-9,11-12H,4,7,10H2,1H3,(H,22,26). The van der Waals surface area contributed by atoms with Gasteiger partial charge < -0.3 is 10.1 Å². The number of rotatable bonds is 9. The normalized spacial score (nSPS) is 11.8. The number of nitro groups is 1. The summed E-state index contributed by atoms with van der Waals surface area (Å²) in [7, 11) is 0. The summed E-state index contributed by atoms with van der Waals surface area (Å²) in [5.74, 6) is -0.358. The molecule has 1 N–H and O–H groups in total. The maximum Gasteiger partial charge on any atom is 0.306 e. The van der Waals surface area contributed by atoms with Crippen molar-refractivity contribution in [3.05, 3.63) is 57.6 Å². The number of nitrogens with one attached hydrogen (secondary N) is 1. The summed E-state index contributed by atoms with van der Waals surface area (Å²) in [6, 6.07) is 11.6. The Kier molecular flexibility index (Phi) is 7.83. The third-order valence-electron chi connectivity index (χ3n) is 4.12. The Labute approximate surface area is 191 Å². The quantitative estimate of drug-likeness (QED) is 0.146. The van der Waals surface area contributed by atoms with Gasteiger partial charge in [0.15, 0.2) is 10.4 Å². The first-order chi connectivity index (χ1) is 14.8. The van der Waals surface area contributed by atoms with E-state index in [1.54, 1.807) is 23.1 Å². The summed E-state index contributed by atoms with van der Waals surface area (Å²) in [4.78, 5) is 38.9. The van der Waals surface area contributed by atoms with Crippen LogP contribution in [0.1, 0.15) is 19.8 Å². The molecule has 1 atom stereocenters. The zero-order valence-corrected chi connectivity index (χ0v) is 18.8. The highest BCUT2D eigenvalue weighted by Crippen LogP contribution is 2.30. The minimum atomic E-state index is -1.03. The Morgan fingerprint density at radius 1 is 1.32 bits per heavy atom. The monoisotopic (exact) mass is 479 g/mol. The van der Waals surface area contributed by atoms with Crippen molar-refractivity contribution in [3.63, 3.8) is 0 Å². The number of benzene rings is 2. The highest BCUT2D eigenvalue weighted by Gasteiger charge is 2.19. The lowest BCUT2D eigenvalue weighted by Gasteiger charge is -2.14. The van der Waals surface area contributed by atoms with Crippen molar-refractivity contribution >= 4 is 68.2 Å². The average Bonchev–Trinajstić information content (AvgIpc) is 3.15. The summed E-state index contributed by atoms with van der Waals surface area (Å²) in [6.45, 7) is 1.45. The van der Waals surface area contributed by atoms with Crippen LogP contribution in [0.15, 0.2) is 46.8 Å². The van der Waals surface area contributed by atoms with Crippen LogP contribution in [0.3, 0.4) is 0 Å². The van der Waals surface area contributed by atoms with Gasteiger partial charge in [-0.2, -0.15) is 0 Å². The zero-order chi connectivity index (χ0) is 22.4. The molecule has 0 spiro atoms. The Hall–Kier alpha value is -2.69. The van der Waals surface area contributed by atoms with E-state index < -0.39 is 22.9 Å². The molecule has 3 aromatic rings. The van der Waals surface area contributed by atoms with Gasteiger partial charge >= 0.3 is 5.97 Å². The van der Waals surface area contributed by atoms with Crippen LogP contribution in [0.2, 0.25) is 5.02 Å². The number of ether oxygens (including phenoxy) is 1. The minimum Gasteiger partial charge on any atom is -0.453 e. The van der Waals surface area contributed by atoms with E-state index in [1.807, 2.05) is 24.3 Å². The second-order valence-electron chi connectivity index (χ2n) is 6.44. The van der Waals surface area contributed by atoms with Gasteiger partial charge in [0.1, 0.15) is 0 Å². The van der Waals surface area contributed by atoms with Crippen LogP contribution < -0.4 is 5.32 Å². The smallest absolute Gasteiger partial charge is 0.306 e. The lowest BCUT2D eigenvalue weighted by molar-refractivity contribution is -0.384. The van der Waals surface area contributed by atoms with E-state index in [2.05, 4.69) is 10.3 Å². The first-order valence-electron chi connectivity index (χ1n) is 9.26. The van der Waals surface area contributed by atoms with Crippen molar-refractivity contribution in [3.8, 4) is 0 Å². The first kappa shape index (κ1) is 23.0. The molecule has 162 valence electrons. The Morgan fingerprint density at radius 2 is 2.10 bits per heavy atom. The molecule has 2 aromatic carbocycles. The van der Waals surface area contributed by atoms with E-state index in [1.165, 1.54) is 19.1 Å². The number of para-hydroxylation sites is 1. The summed E-state index contributed by atoms with van der Waals surface area (Å²) in [6.07, 6.45) is -0.272. The molecule has 8 nitrogen and oxygen atoms in total. The highest BCUT2D eigenvalue weighted by atomic mass is 35.5. The summed E-state index contributed by atoms with van der Waals surface area (Å²) >= 11 is 9.14. The van der Waals surface area contributed by atoms with Gasteiger partial charge in [-0.05, 0) is 31.5 Å². The zero-order valence-electron chi connectivity index (χ0n) is 16.4. The largest absolute Gasteiger partial charge is 0.453 e. The fourth-order valence-corrected chi connectivity index (χ4v) is 4.85. The van der Waals surface area contributed by atoms with Crippen LogP contribution in [0, 0.1) is 10.1 Å². The molecule has 0 saturated carbocycles. The number of esters is 1. The number of fused-ring (bicyclic) bond motifs is 1. The molecular weight excluding hydrogens is 462 g/mol. The predicted octanol–water partition coefficient (Wildman–Crippen LogP) is 5.30. The van der Waals surface area contributed by atoms with Crippen LogP contribution >= 0.6 is 34.7 Å². The first-order valence-corrected chi connectivity index (χ1v) is 11.4. The van der Waals surface area contributed by atoms with Crippen LogP contribution in [-0.2, 0) is 14.3 Å². The number of halogens is 1. The van der Waals surface area contributed by atoms with Crippen LogP contribution in [-0.4, -0.2) is 33.6 Å². The van der Waals surface area contributed by atoms with Gasteiger partial charge in [-0.3, -0.25) is 19.7 Å². The molecule has 31 heavy (non-hydrogen) atoms. The molecule has 11 heteroatoms. The molecule has 0 radical (unpaired) electrons. The molecular formula is C20H18ClN3O5S2. The number of aromatic nitrogens is 1. The molecule has 0 fully saturated rings. The van der Waals surface area contributed by atoms with E-state index in [4.69, 9.17) is 16.3 Å². The molecule has 3 rings (SSSR count). The van der Waals surface area contributed by atoms with Gasteiger partial charge in [-0.15, -0.1) is 11.3 Å². The lowest BCUT2D eigenvalue weighted by atomic mass is 10.2. The third kappa shape index (κ3) is 6.39. The number of anilines is 1. The number of non-ortho nitro benzene ring substituents is 1. The maximum atomic E-state index is 12.2. The number of nitrogens with zero attached hydrogens (tertiary/aromatic N) is 2. The Morgan fingerprint density at radius 3 is 2.81 bits per heavy atom. The van der Waals surface area contributed by atoms with Crippen molar-refractivity contribution in [2.45, 2.75) is 30.2 Å². The Balaban J connectivity index is 1.41. The van der Waals surface area contributed by atoms with Gasteiger partial charge in [0.2, 0.25) is 0 Å². The molecule has 0 aliphatic carbocycles. The molecule has 1 heterocycles. The summed E-state index contributed by atoms with van der Waals surface area (Å²) < 4.78 is 7.23. The van der Waals surface area contributed by atoms with Crippen molar-refractivity contribution in [2.24, 2.45) is 0 Å². The number of nitro benzene ring substituents is 1. The lowest BCUT2D eigenvalue weighted by Crippen LogP contribution is -2.30. The van der Waals surface area contributed by atoms with E-state index in [0.717, 1.165) is 20.6 Å². The van der Waals surface area contributed by atoms with Crippen molar-refractivity contribution in [1.29, 1.82) is 0 Å². The average molecular weight is 480 g/mol. The van der Waals surface area contributed by atoms with Crippen molar-refractivity contribution in [1.82, 2.24) is 4.98 Å². The molecule has 0 saturated heterocycles. The second-order valence-corrected chi connectivity index (χ2v) is 9.22. The predicted molar refractivity (Wildman–Crippen MR) is 122 cm³/mol. The third-order valence-corrected chi connectivity index (χ3v) is 6.70. The van der Waals surface area contributed by atoms with Crippen LogP contribution in [0.25, 0.3) is 10.2 Å². The van der Waals surface area contributed by atoms with E-state index in [9.17, 15) is 19.7 Å². The number of carbonyl (C=O) groups excluding carboxylic acids is 2. The number of amides is 1. The molecule has 0 aliphatic rings. The van der Waals surface area contributed by atoms with Gasteiger partial charge in [0, 0.05) is 24.3 Å². The summed E-state index contributed by atoms with van der Waals surface area (Å²) in [5.41, 5.74) is 0.973. The van der Waals surface area contributed by atoms with E-state index >= 15 is 0 Å². The number of thioether (sulfide) groups is 1. The highest BCUT2D eigenvalue weighted by molar-refractivity contribution is 8.01. The molecule has 1 amide bonds. The SMILES string of the molecule is CC(OC(=O)CCCSc1nc2ccccc2s1)C(=O)Nc1ccc([N+](=O)[O-])cc1Cl. The second kappa shape index (κ2) is 10.6. The number of hydrogen-bond donors (Lipinski definition) is 1. The van der Waals surface area contributed by atoms with Gasteiger partial charge in [0.05, 0.1) is 25.8 Å². The van der Waals surface area contributed by atoms with Crippen LogP contribution in [0.5, 0.6) is 0 Å². The van der Waals surface area contributed by atoms with Gasteiger partial charge in [-0.1, -0.05) is 35.5 Å². The number of thiazole rings is 1. The molecule has 0 bridgehead atoms. The van der Waals surface area contributed by atoms with E-state index in [0.29, 0.717) is 12.2 Å². The van der Waals surface area contributed by atoms with Crippen molar-refractivity contribution < 1.29 is 19.2 Å². The molecule has 1 aromatic heterocycles. The molecule has 1 unspecified atom stereocenters. The molecule has 0 aliphatic heterocycles. The van der Waals surface area contributed by atoms with Gasteiger partial charge in [-0.25, -0.2) is 4.98 Å². The van der Waals surface area contributed by atoms with Crippen molar-refractivity contribution in [2.75, 3.05) is 11.1 Å². The van der Waals surface area contributed by atoms with Gasteiger partial charge in [0.25, 0.3) is 11.6 Å². The number of carbonyl (C=O) groups is 2. The summed E-state index contributed by atoms with van der Waals surface area (Å²) in [5, 5.41) is 13.3. The minimum absolute atomic E-state index is 0.0212. The van der Waals surface area contributed by atoms with E-state index in [-0.39, 0.29) is 22.8 Å². The van der Waals surface area contributed by atoms with Crippen LogP contribution in [0.4, 0.5) is 11.4 Å². The topological polar surface area (TPSA) is 111 Å². The number of hydrogen-bond acceptors (Lipinski definition) is 8. The maximum absolute atomic E-state index is 12.2. The Bertz CT molecular complexity index is 1090. The fourth-order valence-electron chi connectivity index (χ4n) is 2.55. The fraction of sp³-hybridized carbons (Fsp3) is 0.250.